The second-order valence-electron chi connectivity index (χ2n) is 7.33. The number of ketones is 1. The van der Waals surface area contributed by atoms with E-state index in [-0.39, 0.29) is 0 Å². The van der Waals surface area contributed by atoms with Gasteiger partial charge >= 0.3 is 0 Å². The van der Waals surface area contributed by atoms with Crippen LogP contribution in [-0.2, 0) is 4.79 Å². The first-order chi connectivity index (χ1) is 8.47. The summed E-state index contributed by atoms with van der Waals surface area (Å²) < 4.78 is 0. The number of nitrogens with zero attached hydrogens (tertiary/aromatic N) is 1. The maximum Gasteiger partial charge on any atom is 0.136 e. The van der Waals surface area contributed by atoms with Crippen molar-refractivity contribution in [3.63, 3.8) is 0 Å². The van der Waals surface area contributed by atoms with Gasteiger partial charge in [-0.25, -0.2) is 0 Å². The van der Waals surface area contributed by atoms with Crippen molar-refractivity contribution in [3.05, 3.63) is 0 Å². The van der Waals surface area contributed by atoms with Crippen LogP contribution in [0.4, 0.5) is 0 Å². The predicted molar refractivity (Wildman–Crippen MR) is 75.6 cm³/mol. The molecule has 0 aromatic rings. The maximum absolute atomic E-state index is 11.6. The van der Waals surface area contributed by atoms with Crippen molar-refractivity contribution < 1.29 is 4.79 Å². The largest absolute Gasteiger partial charge is 0.303 e. The normalized spacial score (nSPS) is 27.9. The summed E-state index contributed by atoms with van der Waals surface area (Å²) in [6, 6.07) is 0. The summed E-state index contributed by atoms with van der Waals surface area (Å²) >= 11 is 0. The number of hydrogen-bond donors (Lipinski definition) is 0. The number of carbonyl (C=O) groups excluding carboxylic acids is 1. The molecule has 2 rings (SSSR count). The van der Waals surface area contributed by atoms with Gasteiger partial charge in [-0.05, 0) is 63.1 Å². The van der Waals surface area contributed by atoms with E-state index < -0.39 is 0 Å². The molecule has 2 fully saturated rings. The molecule has 1 saturated heterocycles. The third-order valence-corrected chi connectivity index (χ3v) is 5.04. The molecule has 1 aliphatic carbocycles. The highest BCUT2D eigenvalue weighted by Gasteiger charge is 2.29. The third-order valence-electron chi connectivity index (χ3n) is 5.04. The fraction of sp³-hybridized carbons (Fsp3) is 0.938. The Morgan fingerprint density at radius 2 is 1.83 bits per heavy atom. The molecule has 1 heterocycles. The fourth-order valence-electron chi connectivity index (χ4n) is 3.55. The number of hydrogen-bond acceptors (Lipinski definition) is 2. The van der Waals surface area contributed by atoms with E-state index in [1.165, 1.54) is 25.9 Å². The summed E-state index contributed by atoms with van der Waals surface area (Å²) in [5.74, 6) is 1.80. The number of rotatable bonds is 3. The molecule has 2 heteroatoms. The molecule has 0 aromatic carbocycles. The van der Waals surface area contributed by atoms with Crippen molar-refractivity contribution >= 4 is 5.78 Å². The van der Waals surface area contributed by atoms with Crippen molar-refractivity contribution in [1.29, 1.82) is 0 Å². The van der Waals surface area contributed by atoms with E-state index in [4.69, 9.17) is 0 Å². The smallest absolute Gasteiger partial charge is 0.136 e. The SMILES string of the molecule is CC(C)(C)C1CCN(CCC2CCCC2=O)CC1. The first kappa shape index (κ1) is 14.0. The van der Waals surface area contributed by atoms with Crippen LogP contribution in [0.1, 0.15) is 59.3 Å². The second-order valence-corrected chi connectivity index (χ2v) is 7.33. The van der Waals surface area contributed by atoms with Crippen LogP contribution in [0, 0.1) is 17.3 Å². The topological polar surface area (TPSA) is 20.3 Å². The standard InChI is InChI=1S/C16H29NO/c1-16(2,3)14-8-11-17(12-9-14)10-7-13-5-4-6-15(13)18/h13-14H,4-12H2,1-3H3. The molecule has 18 heavy (non-hydrogen) atoms. The average molecular weight is 251 g/mol. The van der Waals surface area contributed by atoms with Gasteiger partial charge in [-0.15, -0.1) is 0 Å². The highest BCUT2D eigenvalue weighted by atomic mass is 16.1. The van der Waals surface area contributed by atoms with Gasteiger partial charge in [-0.3, -0.25) is 4.79 Å². The van der Waals surface area contributed by atoms with Crippen LogP contribution >= 0.6 is 0 Å². The Bertz CT molecular complexity index is 284. The molecular formula is C16H29NO. The molecule has 0 aromatic heterocycles. The van der Waals surface area contributed by atoms with Crippen LogP contribution in [0.5, 0.6) is 0 Å². The Balaban J connectivity index is 1.69. The van der Waals surface area contributed by atoms with Gasteiger partial charge in [-0.1, -0.05) is 20.8 Å². The number of likely N-dealkylation sites (tertiary alicyclic amines) is 1. The average Bonchev–Trinajstić information content (AvgIpc) is 2.72. The zero-order valence-electron chi connectivity index (χ0n) is 12.4. The van der Waals surface area contributed by atoms with Gasteiger partial charge in [0.1, 0.15) is 5.78 Å². The van der Waals surface area contributed by atoms with E-state index in [1.807, 2.05) is 0 Å². The Hall–Kier alpha value is -0.370. The molecular weight excluding hydrogens is 222 g/mol. The van der Waals surface area contributed by atoms with E-state index in [2.05, 4.69) is 25.7 Å². The Kier molecular flexibility index (Phi) is 4.47. The minimum Gasteiger partial charge on any atom is -0.303 e. The summed E-state index contributed by atoms with van der Waals surface area (Å²) in [7, 11) is 0. The van der Waals surface area contributed by atoms with Gasteiger partial charge in [-0.2, -0.15) is 0 Å². The van der Waals surface area contributed by atoms with E-state index in [9.17, 15) is 4.79 Å². The van der Waals surface area contributed by atoms with Crippen molar-refractivity contribution in [3.8, 4) is 0 Å². The molecule has 0 spiro atoms. The van der Waals surface area contributed by atoms with E-state index in [1.54, 1.807) is 0 Å². The minimum absolute atomic E-state index is 0.394. The van der Waals surface area contributed by atoms with Crippen molar-refractivity contribution in [2.75, 3.05) is 19.6 Å². The lowest BCUT2D eigenvalue weighted by Crippen LogP contribution is -2.39. The van der Waals surface area contributed by atoms with Gasteiger partial charge < -0.3 is 4.90 Å². The molecule has 1 atom stereocenters. The lowest BCUT2D eigenvalue weighted by molar-refractivity contribution is -0.120. The van der Waals surface area contributed by atoms with Crippen LogP contribution in [0.2, 0.25) is 0 Å². The maximum atomic E-state index is 11.6. The Labute approximate surface area is 112 Å². The molecule has 0 amide bonds. The van der Waals surface area contributed by atoms with Crippen LogP contribution in [0.3, 0.4) is 0 Å². The lowest BCUT2D eigenvalue weighted by Gasteiger charge is -2.39. The monoisotopic (exact) mass is 251 g/mol. The highest BCUT2D eigenvalue weighted by Crippen LogP contribution is 2.34. The third kappa shape index (κ3) is 3.57. The number of carbonyl (C=O) groups is 1. The summed E-state index contributed by atoms with van der Waals surface area (Å²) in [5.41, 5.74) is 0.466. The summed E-state index contributed by atoms with van der Waals surface area (Å²) in [4.78, 5) is 14.2. The van der Waals surface area contributed by atoms with Gasteiger partial charge in [0.15, 0.2) is 0 Å². The van der Waals surface area contributed by atoms with Gasteiger partial charge in [0.25, 0.3) is 0 Å². The minimum atomic E-state index is 0.394. The van der Waals surface area contributed by atoms with Gasteiger partial charge in [0, 0.05) is 12.3 Å². The Morgan fingerprint density at radius 3 is 2.33 bits per heavy atom. The summed E-state index contributed by atoms with van der Waals surface area (Å²) in [5, 5.41) is 0. The molecule has 2 nitrogen and oxygen atoms in total. The summed E-state index contributed by atoms with van der Waals surface area (Å²) in [6.45, 7) is 10.7. The second kappa shape index (κ2) is 5.73. The van der Waals surface area contributed by atoms with Gasteiger partial charge in [0.2, 0.25) is 0 Å². The van der Waals surface area contributed by atoms with Crippen molar-refractivity contribution in [1.82, 2.24) is 4.90 Å². The molecule has 2 aliphatic rings. The quantitative estimate of drug-likeness (QED) is 0.765. The zero-order chi connectivity index (χ0) is 13.2. The molecule has 0 radical (unpaired) electrons. The molecule has 104 valence electrons. The van der Waals surface area contributed by atoms with Gasteiger partial charge in [0.05, 0.1) is 0 Å². The number of Topliss-reactive ketones (excluding diaryl/α,β-unsaturated/α-hetero) is 1. The van der Waals surface area contributed by atoms with E-state index >= 15 is 0 Å². The molecule has 1 aliphatic heterocycles. The number of piperidine rings is 1. The first-order valence-electron chi connectivity index (χ1n) is 7.72. The fourth-order valence-corrected chi connectivity index (χ4v) is 3.55. The zero-order valence-corrected chi connectivity index (χ0v) is 12.4. The van der Waals surface area contributed by atoms with E-state index in [0.29, 0.717) is 17.1 Å². The van der Waals surface area contributed by atoms with Crippen molar-refractivity contribution in [2.45, 2.75) is 59.3 Å². The molecule has 1 saturated carbocycles. The predicted octanol–water partition coefficient (Wildman–Crippen LogP) is 3.50. The molecule has 0 N–H and O–H groups in total. The Morgan fingerprint density at radius 1 is 1.17 bits per heavy atom. The first-order valence-corrected chi connectivity index (χ1v) is 7.72. The molecule has 0 bridgehead atoms. The summed E-state index contributed by atoms with van der Waals surface area (Å²) in [6.07, 6.45) is 6.91. The molecule has 1 unspecified atom stereocenters. The van der Waals surface area contributed by atoms with Crippen molar-refractivity contribution in [2.24, 2.45) is 17.3 Å². The van der Waals surface area contributed by atoms with Crippen LogP contribution in [0.15, 0.2) is 0 Å². The highest BCUT2D eigenvalue weighted by molar-refractivity contribution is 5.82. The van der Waals surface area contributed by atoms with E-state index in [0.717, 1.165) is 38.1 Å². The van der Waals surface area contributed by atoms with Crippen LogP contribution in [-0.4, -0.2) is 30.3 Å². The lowest BCUT2D eigenvalue weighted by atomic mass is 9.75. The van der Waals surface area contributed by atoms with Crippen LogP contribution < -0.4 is 0 Å². The van der Waals surface area contributed by atoms with Crippen LogP contribution in [0.25, 0.3) is 0 Å².